The molecule has 0 amide bonds. The van der Waals surface area contributed by atoms with Gasteiger partial charge < -0.3 is 0 Å². The first-order chi connectivity index (χ1) is 15.7. The summed E-state index contributed by atoms with van der Waals surface area (Å²) in [4.78, 5) is 5.24. The van der Waals surface area contributed by atoms with E-state index in [2.05, 4.69) is 123 Å². The molecule has 1 nitrogen and oxygen atoms in total. The van der Waals surface area contributed by atoms with Gasteiger partial charge in [-0.2, -0.15) is 0 Å². The summed E-state index contributed by atoms with van der Waals surface area (Å²) < 4.78 is 2.10. The molecule has 0 saturated carbocycles. The Morgan fingerprint density at radius 3 is 1.50 bits per heavy atom. The van der Waals surface area contributed by atoms with Crippen LogP contribution >= 0.6 is 31.9 Å². The fourth-order valence-corrected chi connectivity index (χ4v) is 5.71. The number of hydrogen-bond acceptors (Lipinski definition) is 1. The van der Waals surface area contributed by atoms with Crippen molar-refractivity contribution in [2.45, 2.75) is 13.8 Å². The van der Waals surface area contributed by atoms with Gasteiger partial charge in [0.2, 0.25) is 0 Å². The summed E-state index contributed by atoms with van der Waals surface area (Å²) in [5.41, 5.74) is 4.47. The standard InChI is InChI=1S/C27H15Br2N.C2H6/c28-19-13-18(14-20(29)15-19)25-23-11-9-16-5-1-3-7-21(16)26(23)30-27-22-8-4-2-6-17(22)10-12-24(25)27;1-2/h1-15H;1-2H3. The van der Waals surface area contributed by atoms with Crippen molar-refractivity contribution in [3.05, 3.63) is 99.9 Å². The van der Waals surface area contributed by atoms with Gasteiger partial charge in [0.05, 0.1) is 11.0 Å². The maximum atomic E-state index is 5.24. The highest BCUT2D eigenvalue weighted by Gasteiger charge is 2.15. The molecule has 0 spiro atoms. The minimum Gasteiger partial charge on any atom is -0.246 e. The predicted molar refractivity (Wildman–Crippen MR) is 146 cm³/mol. The van der Waals surface area contributed by atoms with Crippen LogP contribution in [0.3, 0.4) is 0 Å². The van der Waals surface area contributed by atoms with Crippen LogP contribution in [-0.2, 0) is 0 Å². The zero-order valence-electron chi connectivity index (χ0n) is 17.9. The Kier molecular flexibility index (Phi) is 5.71. The van der Waals surface area contributed by atoms with Gasteiger partial charge in [0.15, 0.2) is 0 Å². The third kappa shape index (κ3) is 3.50. The highest BCUT2D eigenvalue weighted by molar-refractivity contribution is 9.11. The Hall–Kier alpha value is -2.75. The minimum absolute atomic E-state index is 1.04. The topological polar surface area (TPSA) is 12.9 Å². The summed E-state index contributed by atoms with van der Waals surface area (Å²) in [6, 6.07) is 32.2. The van der Waals surface area contributed by atoms with E-state index in [4.69, 9.17) is 4.98 Å². The molecule has 156 valence electrons. The van der Waals surface area contributed by atoms with Gasteiger partial charge in [-0.15, -0.1) is 0 Å². The monoisotopic (exact) mass is 541 g/mol. The maximum absolute atomic E-state index is 5.24. The van der Waals surface area contributed by atoms with Crippen LogP contribution in [0.5, 0.6) is 0 Å². The number of aromatic nitrogens is 1. The summed E-state index contributed by atoms with van der Waals surface area (Å²) in [6.07, 6.45) is 0. The van der Waals surface area contributed by atoms with Crippen LogP contribution in [0.4, 0.5) is 0 Å². The second-order valence-corrected chi connectivity index (χ2v) is 9.34. The zero-order valence-corrected chi connectivity index (χ0v) is 21.0. The van der Waals surface area contributed by atoms with E-state index in [9.17, 15) is 0 Å². The fourth-order valence-electron chi connectivity index (χ4n) is 4.42. The molecule has 0 fully saturated rings. The van der Waals surface area contributed by atoms with Crippen molar-refractivity contribution < 1.29 is 0 Å². The first-order valence-corrected chi connectivity index (χ1v) is 12.4. The van der Waals surface area contributed by atoms with Crippen molar-refractivity contribution in [3.8, 4) is 11.1 Å². The van der Waals surface area contributed by atoms with E-state index in [0.29, 0.717) is 0 Å². The van der Waals surface area contributed by atoms with Crippen molar-refractivity contribution in [2.24, 2.45) is 0 Å². The molecular formula is C29H21Br2N. The lowest BCUT2D eigenvalue weighted by Crippen LogP contribution is -1.92. The molecule has 0 bridgehead atoms. The lowest BCUT2D eigenvalue weighted by Gasteiger charge is -2.15. The Morgan fingerprint density at radius 2 is 1.00 bits per heavy atom. The van der Waals surface area contributed by atoms with Crippen LogP contribution < -0.4 is 0 Å². The second-order valence-electron chi connectivity index (χ2n) is 7.51. The van der Waals surface area contributed by atoms with Crippen LogP contribution in [-0.4, -0.2) is 4.98 Å². The van der Waals surface area contributed by atoms with Gasteiger partial charge in [-0.25, -0.2) is 4.98 Å². The first-order valence-electron chi connectivity index (χ1n) is 10.8. The molecule has 0 aliphatic carbocycles. The van der Waals surface area contributed by atoms with E-state index in [1.165, 1.54) is 43.4 Å². The molecule has 1 aromatic heterocycles. The smallest absolute Gasteiger partial charge is 0.0794 e. The number of nitrogens with zero attached hydrogens (tertiary/aromatic N) is 1. The molecule has 0 atom stereocenters. The van der Waals surface area contributed by atoms with Crippen molar-refractivity contribution in [3.63, 3.8) is 0 Å². The first kappa shape index (κ1) is 21.1. The fraction of sp³-hybridized carbons (Fsp3) is 0.0690. The highest BCUT2D eigenvalue weighted by Crippen LogP contribution is 2.41. The molecule has 0 unspecified atom stereocenters. The van der Waals surface area contributed by atoms with Crippen molar-refractivity contribution >= 4 is 75.2 Å². The maximum Gasteiger partial charge on any atom is 0.0794 e. The molecule has 3 heteroatoms. The second kappa shape index (κ2) is 8.65. The summed E-state index contributed by atoms with van der Waals surface area (Å²) >= 11 is 7.34. The van der Waals surface area contributed by atoms with Gasteiger partial charge in [-0.05, 0) is 34.5 Å². The van der Waals surface area contributed by atoms with E-state index in [1.807, 2.05) is 13.8 Å². The van der Waals surface area contributed by atoms with E-state index >= 15 is 0 Å². The number of fused-ring (bicyclic) bond motifs is 6. The Balaban J connectivity index is 0.00000105. The third-order valence-corrected chi connectivity index (χ3v) is 6.63. The molecule has 6 rings (SSSR count). The molecular weight excluding hydrogens is 522 g/mol. The van der Waals surface area contributed by atoms with Gasteiger partial charge in [0.1, 0.15) is 0 Å². The van der Waals surface area contributed by atoms with Gasteiger partial charge in [0, 0.05) is 36.1 Å². The largest absolute Gasteiger partial charge is 0.246 e. The summed E-state index contributed by atoms with van der Waals surface area (Å²) in [5.74, 6) is 0. The van der Waals surface area contributed by atoms with Crippen LogP contribution in [0.2, 0.25) is 0 Å². The number of benzene rings is 5. The van der Waals surface area contributed by atoms with E-state index in [1.54, 1.807) is 0 Å². The lowest BCUT2D eigenvalue weighted by molar-refractivity contribution is 1.50. The predicted octanol–water partition coefficient (Wildman–Crippen LogP) is 9.91. The molecule has 0 N–H and O–H groups in total. The number of pyridine rings is 1. The van der Waals surface area contributed by atoms with Gasteiger partial charge in [0.25, 0.3) is 0 Å². The van der Waals surface area contributed by atoms with Crippen LogP contribution in [0.1, 0.15) is 13.8 Å². The SMILES string of the molecule is Brc1cc(Br)cc(-c2c3ccc4ccccc4c3nc3c2ccc2ccccc23)c1.CC. The summed E-state index contributed by atoms with van der Waals surface area (Å²) in [6.45, 7) is 4.00. The molecule has 0 saturated heterocycles. The van der Waals surface area contributed by atoms with Crippen molar-refractivity contribution in [1.82, 2.24) is 4.98 Å². The molecule has 6 aromatic rings. The Morgan fingerprint density at radius 1 is 0.531 bits per heavy atom. The third-order valence-electron chi connectivity index (χ3n) is 5.71. The Bertz CT molecular complexity index is 1510. The number of halogens is 2. The quantitative estimate of drug-likeness (QED) is 0.149. The van der Waals surface area contributed by atoms with Gasteiger partial charge >= 0.3 is 0 Å². The van der Waals surface area contributed by atoms with Crippen molar-refractivity contribution in [1.29, 1.82) is 0 Å². The summed E-state index contributed by atoms with van der Waals surface area (Å²) in [7, 11) is 0. The zero-order chi connectivity index (χ0) is 22.2. The molecule has 1 heterocycles. The average molecular weight is 543 g/mol. The lowest BCUT2D eigenvalue weighted by atomic mass is 9.92. The van der Waals surface area contributed by atoms with E-state index in [-0.39, 0.29) is 0 Å². The molecule has 32 heavy (non-hydrogen) atoms. The summed E-state index contributed by atoms with van der Waals surface area (Å²) in [5, 5.41) is 7.11. The van der Waals surface area contributed by atoms with Gasteiger partial charge in [-0.1, -0.05) is 119 Å². The van der Waals surface area contributed by atoms with Crippen LogP contribution in [0.15, 0.2) is 99.9 Å². The Labute approximate surface area is 204 Å². The molecule has 0 aliphatic heterocycles. The highest BCUT2D eigenvalue weighted by atomic mass is 79.9. The average Bonchev–Trinajstić information content (AvgIpc) is 2.83. The molecule has 0 aliphatic rings. The number of rotatable bonds is 1. The van der Waals surface area contributed by atoms with E-state index in [0.717, 1.165) is 20.0 Å². The van der Waals surface area contributed by atoms with Crippen molar-refractivity contribution in [2.75, 3.05) is 0 Å². The van der Waals surface area contributed by atoms with Gasteiger partial charge in [-0.3, -0.25) is 0 Å². The normalized spacial score (nSPS) is 11.1. The molecule has 5 aromatic carbocycles. The van der Waals surface area contributed by atoms with E-state index < -0.39 is 0 Å². The van der Waals surface area contributed by atoms with Crippen LogP contribution in [0, 0.1) is 0 Å². The number of hydrogen-bond donors (Lipinski definition) is 0. The van der Waals surface area contributed by atoms with Crippen LogP contribution in [0.25, 0.3) is 54.5 Å². The molecule has 0 radical (unpaired) electrons. The minimum atomic E-state index is 1.04.